The summed E-state index contributed by atoms with van der Waals surface area (Å²) < 4.78 is 4.29. The van der Waals surface area contributed by atoms with Crippen molar-refractivity contribution in [3.05, 3.63) is 18.7 Å². The lowest BCUT2D eigenvalue weighted by Crippen LogP contribution is -2.38. The van der Waals surface area contributed by atoms with E-state index in [0.29, 0.717) is 18.0 Å². The molecule has 18 heavy (non-hydrogen) atoms. The van der Waals surface area contributed by atoms with E-state index in [1.165, 1.54) is 0 Å². The molecule has 0 N–H and O–H groups in total. The van der Waals surface area contributed by atoms with E-state index >= 15 is 0 Å². The number of hydrogen-bond donors (Lipinski definition) is 0. The predicted octanol–water partition coefficient (Wildman–Crippen LogP) is 1.66. The molecule has 1 aromatic heterocycles. The van der Waals surface area contributed by atoms with Gasteiger partial charge < -0.3 is 4.90 Å². The number of hydrogen-bond acceptors (Lipinski definition) is 1. The van der Waals surface area contributed by atoms with Crippen LogP contribution in [0.5, 0.6) is 0 Å². The fourth-order valence-electron chi connectivity index (χ4n) is 2.65. The maximum absolute atomic E-state index is 11.7. The summed E-state index contributed by atoms with van der Waals surface area (Å²) in [6, 6.07) is 0.873. The summed E-state index contributed by atoms with van der Waals surface area (Å²) in [6.07, 6.45) is 10.2. The third-order valence-corrected chi connectivity index (χ3v) is 3.94. The van der Waals surface area contributed by atoms with Crippen LogP contribution in [0.25, 0.3) is 0 Å². The SMILES string of the molecule is CC(CCC(C)[n+]1ccn(C)c1)N1CCCC1=O. The first-order chi connectivity index (χ1) is 8.58. The summed E-state index contributed by atoms with van der Waals surface area (Å²) in [5, 5.41) is 0. The number of imidazole rings is 1. The molecule has 2 heterocycles. The van der Waals surface area contributed by atoms with Crippen LogP contribution in [0, 0.1) is 0 Å². The molecule has 2 atom stereocenters. The zero-order valence-corrected chi connectivity index (χ0v) is 11.7. The molecule has 1 fully saturated rings. The maximum atomic E-state index is 11.7. The van der Waals surface area contributed by atoms with Crippen LogP contribution < -0.4 is 4.57 Å². The summed E-state index contributed by atoms with van der Waals surface area (Å²) >= 11 is 0. The molecule has 1 amide bonds. The van der Waals surface area contributed by atoms with Crippen molar-refractivity contribution < 1.29 is 9.36 Å². The molecule has 1 aliphatic heterocycles. The molecule has 0 aliphatic carbocycles. The van der Waals surface area contributed by atoms with E-state index in [-0.39, 0.29) is 0 Å². The van der Waals surface area contributed by atoms with Crippen LogP contribution in [-0.2, 0) is 11.8 Å². The molecule has 1 saturated heterocycles. The molecule has 2 rings (SSSR count). The van der Waals surface area contributed by atoms with E-state index in [2.05, 4.69) is 41.7 Å². The second-order valence-corrected chi connectivity index (χ2v) is 5.49. The van der Waals surface area contributed by atoms with E-state index in [4.69, 9.17) is 0 Å². The van der Waals surface area contributed by atoms with Crippen molar-refractivity contribution >= 4 is 5.91 Å². The molecule has 1 aliphatic rings. The van der Waals surface area contributed by atoms with E-state index < -0.39 is 0 Å². The van der Waals surface area contributed by atoms with Crippen LogP contribution in [-0.4, -0.2) is 28.0 Å². The highest BCUT2D eigenvalue weighted by Crippen LogP contribution is 2.18. The average Bonchev–Trinajstić information content (AvgIpc) is 2.94. The van der Waals surface area contributed by atoms with Crippen LogP contribution in [0.2, 0.25) is 0 Å². The highest BCUT2D eigenvalue weighted by molar-refractivity contribution is 5.78. The normalized spacial score (nSPS) is 19.3. The molecule has 0 bridgehead atoms. The van der Waals surface area contributed by atoms with E-state index in [0.717, 1.165) is 32.2 Å². The molecule has 4 heteroatoms. The molecule has 4 nitrogen and oxygen atoms in total. The van der Waals surface area contributed by atoms with Crippen LogP contribution >= 0.6 is 0 Å². The van der Waals surface area contributed by atoms with Crippen molar-refractivity contribution in [2.24, 2.45) is 7.05 Å². The number of amides is 1. The Morgan fingerprint density at radius 3 is 2.72 bits per heavy atom. The number of aryl methyl sites for hydroxylation is 1. The van der Waals surface area contributed by atoms with Gasteiger partial charge in [-0.25, -0.2) is 9.13 Å². The summed E-state index contributed by atoms with van der Waals surface area (Å²) in [7, 11) is 2.04. The lowest BCUT2D eigenvalue weighted by molar-refractivity contribution is -0.719. The first-order valence-electron chi connectivity index (χ1n) is 6.90. The molecule has 0 saturated carbocycles. The molecule has 0 aromatic carbocycles. The maximum Gasteiger partial charge on any atom is 0.243 e. The van der Waals surface area contributed by atoms with Gasteiger partial charge in [0.25, 0.3) is 0 Å². The largest absolute Gasteiger partial charge is 0.340 e. The van der Waals surface area contributed by atoms with Crippen LogP contribution in [0.3, 0.4) is 0 Å². The van der Waals surface area contributed by atoms with Crippen molar-refractivity contribution in [2.75, 3.05) is 6.54 Å². The van der Waals surface area contributed by atoms with Gasteiger partial charge in [-0.2, -0.15) is 0 Å². The third kappa shape index (κ3) is 2.92. The molecule has 2 unspecified atom stereocenters. The van der Waals surface area contributed by atoms with Crippen LogP contribution in [0.4, 0.5) is 0 Å². The van der Waals surface area contributed by atoms with Crippen molar-refractivity contribution in [3.8, 4) is 0 Å². The zero-order valence-electron chi connectivity index (χ0n) is 11.7. The number of nitrogens with zero attached hydrogens (tertiary/aromatic N) is 3. The van der Waals surface area contributed by atoms with Gasteiger partial charge in [-0.3, -0.25) is 4.79 Å². The second kappa shape index (κ2) is 5.55. The predicted molar refractivity (Wildman–Crippen MR) is 70.0 cm³/mol. The topological polar surface area (TPSA) is 29.1 Å². The summed E-state index contributed by atoms with van der Waals surface area (Å²) in [6.45, 7) is 5.36. The Labute approximate surface area is 109 Å². The highest BCUT2D eigenvalue weighted by atomic mass is 16.2. The van der Waals surface area contributed by atoms with Gasteiger partial charge in [-0.15, -0.1) is 0 Å². The molecular weight excluding hydrogens is 226 g/mol. The second-order valence-electron chi connectivity index (χ2n) is 5.49. The van der Waals surface area contributed by atoms with Gasteiger partial charge in [-0.1, -0.05) is 0 Å². The van der Waals surface area contributed by atoms with E-state index in [1.807, 2.05) is 11.9 Å². The van der Waals surface area contributed by atoms with Gasteiger partial charge in [0.15, 0.2) is 0 Å². The quantitative estimate of drug-likeness (QED) is 0.731. The van der Waals surface area contributed by atoms with E-state index in [1.54, 1.807) is 0 Å². The first-order valence-corrected chi connectivity index (χ1v) is 6.90. The average molecular weight is 250 g/mol. The van der Waals surface area contributed by atoms with Gasteiger partial charge >= 0.3 is 0 Å². The first kappa shape index (κ1) is 13.1. The van der Waals surface area contributed by atoms with Gasteiger partial charge in [0.2, 0.25) is 12.2 Å². The van der Waals surface area contributed by atoms with Crippen LogP contribution in [0.15, 0.2) is 18.7 Å². The van der Waals surface area contributed by atoms with E-state index in [9.17, 15) is 4.79 Å². The van der Waals surface area contributed by atoms with Crippen molar-refractivity contribution in [2.45, 2.75) is 51.6 Å². The lowest BCUT2D eigenvalue weighted by atomic mass is 10.1. The Bertz CT molecular complexity index is 413. The van der Waals surface area contributed by atoms with Gasteiger partial charge in [0.05, 0.1) is 13.1 Å². The number of likely N-dealkylation sites (tertiary alicyclic amines) is 1. The molecular formula is C14H24N3O+. The Morgan fingerprint density at radius 1 is 1.39 bits per heavy atom. The minimum absolute atomic E-state index is 0.336. The fourth-order valence-corrected chi connectivity index (χ4v) is 2.65. The summed E-state index contributed by atoms with van der Waals surface area (Å²) in [4.78, 5) is 13.7. The highest BCUT2D eigenvalue weighted by Gasteiger charge is 2.25. The summed E-state index contributed by atoms with van der Waals surface area (Å²) in [5.74, 6) is 0.336. The van der Waals surface area contributed by atoms with Crippen molar-refractivity contribution in [1.82, 2.24) is 9.47 Å². The Hall–Kier alpha value is -1.32. The van der Waals surface area contributed by atoms with Gasteiger partial charge in [0, 0.05) is 19.0 Å². The van der Waals surface area contributed by atoms with Gasteiger partial charge in [-0.05, 0) is 33.1 Å². The smallest absolute Gasteiger partial charge is 0.243 e. The number of carbonyl (C=O) groups excluding carboxylic acids is 1. The monoisotopic (exact) mass is 250 g/mol. The Morgan fingerprint density at radius 2 is 2.17 bits per heavy atom. The molecule has 0 radical (unpaired) electrons. The Balaban J connectivity index is 1.82. The standard InChI is InChI=1S/C14H24N3O/c1-12(16-10-9-15(3)11-16)6-7-13(2)17-8-4-5-14(17)18/h9-13H,4-8H2,1-3H3/q+1. The summed E-state index contributed by atoms with van der Waals surface area (Å²) in [5.41, 5.74) is 0. The molecule has 0 spiro atoms. The van der Waals surface area contributed by atoms with Gasteiger partial charge in [0.1, 0.15) is 12.4 Å². The Kier molecular flexibility index (Phi) is 4.04. The zero-order chi connectivity index (χ0) is 13.1. The molecule has 1 aromatic rings. The van der Waals surface area contributed by atoms with Crippen molar-refractivity contribution in [1.29, 1.82) is 0 Å². The third-order valence-electron chi connectivity index (χ3n) is 3.94. The minimum Gasteiger partial charge on any atom is -0.340 e. The number of rotatable bonds is 5. The lowest BCUT2D eigenvalue weighted by Gasteiger charge is -2.24. The fraction of sp³-hybridized carbons (Fsp3) is 0.714. The number of carbonyl (C=O) groups is 1. The van der Waals surface area contributed by atoms with Crippen LogP contribution in [0.1, 0.15) is 45.6 Å². The number of aromatic nitrogens is 2. The molecule has 100 valence electrons. The van der Waals surface area contributed by atoms with Crippen molar-refractivity contribution in [3.63, 3.8) is 0 Å². The minimum atomic E-state index is 0.336.